The van der Waals surface area contributed by atoms with Gasteiger partial charge < -0.3 is 9.47 Å². The number of aromatic nitrogens is 2. The van der Waals surface area contributed by atoms with E-state index in [0.717, 1.165) is 89.0 Å². The van der Waals surface area contributed by atoms with Gasteiger partial charge in [-0.2, -0.15) is 9.40 Å². The van der Waals surface area contributed by atoms with Gasteiger partial charge in [-0.15, -0.1) is 0 Å². The molecule has 1 saturated heterocycles. The Labute approximate surface area is 283 Å². The third-order valence-corrected chi connectivity index (χ3v) is 10.3. The molecule has 0 unspecified atom stereocenters. The van der Waals surface area contributed by atoms with Crippen LogP contribution in [0.1, 0.15) is 28.8 Å². The van der Waals surface area contributed by atoms with Gasteiger partial charge in [0.25, 0.3) is 0 Å². The monoisotopic (exact) mass is 756 g/mol. The van der Waals surface area contributed by atoms with E-state index in [1.807, 2.05) is 66.7 Å². The quantitative estimate of drug-likeness (QED) is 0.161. The molecule has 3 aromatic carbocycles. The Balaban J connectivity index is 1.23. The first-order valence-corrected chi connectivity index (χ1v) is 18.2. The van der Waals surface area contributed by atoms with Crippen molar-refractivity contribution >= 4 is 44.2 Å². The van der Waals surface area contributed by atoms with E-state index in [2.05, 4.69) is 44.0 Å². The molecular weight excluding hydrogens is 723 g/mol. The van der Waals surface area contributed by atoms with Crippen LogP contribution in [0.3, 0.4) is 0 Å². The van der Waals surface area contributed by atoms with Gasteiger partial charge in [0.2, 0.25) is 10.0 Å². The van der Waals surface area contributed by atoms with Crippen molar-refractivity contribution in [2.45, 2.75) is 25.9 Å². The molecule has 2 aliphatic heterocycles. The standard InChI is InChI=1S/C34H34ClIN4O4S/c1-45(41,42)39-18-15-33-31(24-39)34(37-40(33)17-2-16-38-19-21-43-22-20-38)27-7-14-32(35)26(23-27)6-3-25-4-10-29(11-5-25)44-30-12-8-28(36)9-13-30/h4-5,7-14,23H,2,15-22,24H2,1H3. The Bertz CT molecular complexity index is 1830. The molecule has 0 bridgehead atoms. The zero-order valence-corrected chi connectivity index (χ0v) is 28.7. The number of rotatable bonds is 8. The van der Waals surface area contributed by atoms with Crippen LogP contribution in [-0.2, 0) is 34.3 Å². The molecule has 0 radical (unpaired) electrons. The summed E-state index contributed by atoms with van der Waals surface area (Å²) in [4.78, 5) is 2.42. The highest BCUT2D eigenvalue weighted by Crippen LogP contribution is 2.33. The number of hydrogen-bond acceptors (Lipinski definition) is 6. The van der Waals surface area contributed by atoms with Crippen LogP contribution in [-0.4, -0.2) is 73.1 Å². The predicted octanol–water partition coefficient (Wildman–Crippen LogP) is 6.04. The summed E-state index contributed by atoms with van der Waals surface area (Å²) in [5, 5.41) is 5.59. The maximum atomic E-state index is 12.5. The molecule has 6 rings (SSSR count). The molecule has 0 N–H and O–H groups in total. The van der Waals surface area contributed by atoms with Crippen molar-refractivity contribution in [3.8, 4) is 34.6 Å². The predicted molar refractivity (Wildman–Crippen MR) is 185 cm³/mol. The Morgan fingerprint density at radius 3 is 2.38 bits per heavy atom. The Morgan fingerprint density at radius 1 is 0.956 bits per heavy atom. The van der Waals surface area contributed by atoms with Crippen molar-refractivity contribution < 1.29 is 17.9 Å². The number of ether oxygens (including phenoxy) is 2. The van der Waals surface area contributed by atoms with Crippen molar-refractivity contribution in [2.24, 2.45) is 0 Å². The number of fused-ring (bicyclic) bond motifs is 1. The average Bonchev–Trinajstić information content (AvgIpc) is 3.40. The number of nitrogens with zero attached hydrogens (tertiary/aromatic N) is 4. The maximum Gasteiger partial charge on any atom is 0.211 e. The third-order valence-electron chi connectivity index (χ3n) is 8.00. The van der Waals surface area contributed by atoms with Gasteiger partial charge in [-0.25, -0.2) is 8.42 Å². The molecule has 1 aromatic heterocycles. The second kappa shape index (κ2) is 14.2. The van der Waals surface area contributed by atoms with Crippen molar-refractivity contribution in [3.05, 3.63) is 97.7 Å². The lowest BCUT2D eigenvalue weighted by Crippen LogP contribution is -2.37. The minimum Gasteiger partial charge on any atom is -0.457 e. The Hall–Kier alpha value is -2.92. The van der Waals surface area contributed by atoms with Gasteiger partial charge in [0.15, 0.2) is 0 Å². The summed E-state index contributed by atoms with van der Waals surface area (Å²) < 4.78 is 41.1. The zero-order valence-electron chi connectivity index (χ0n) is 25.0. The normalized spacial score (nSPS) is 15.7. The van der Waals surface area contributed by atoms with Gasteiger partial charge >= 0.3 is 0 Å². The van der Waals surface area contributed by atoms with Crippen molar-refractivity contribution in [2.75, 3.05) is 45.6 Å². The molecule has 1 fully saturated rings. The van der Waals surface area contributed by atoms with Gasteiger partial charge in [0.05, 0.1) is 30.2 Å². The molecule has 0 saturated carbocycles. The molecular formula is C34H34ClIN4O4S. The molecule has 8 nitrogen and oxygen atoms in total. The molecule has 0 amide bonds. The number of sulfonamides is 1. The first-order valence-electron chi connectivity index (χ1n) is 14.9. The molecule has 11 heteroatoms. The summed E-state index contributed by atoms with van der Waals surface area (Å²) in [6.07, 6.45) is 2.84. The fraction of sp³-hybridized carbons (Fsp3) is 0.324. The first kappa shape index (κ1) is 32.0. The number of hydrogen-bond donors (Lipinski definition) is 0. The molecule has 0 atom stereocenters. The average molecular weight is 757 g/mol. The summed E-state index contributed by atoms with van der Waals surface area (Å²) in [5.41, 5.74) is 5.20. The minimum atomic E-state index is -3.34. The number of halogens is 2. The van der Waals surface area contributed by atoms with E-state index in [1.165, 1.54) is 10.6 Å². The fourth-order valence-corrected chi connectivity index (χ4v) is 6.90. The highest BCUT2D eigenvalue weighted by atomic mass is 127. The van der Waals surface area contributed by atoms with Crippen LogP contribution in [0, 0.1) is 15.4 Å². The van der Waals surface area contributed by atoms with Gasteiger partial charge in [-0.1, -0.05) is 29.5 Å². The van der Waals surface area contributed by atoms with E-state index >= 15 is 0 Å². The molecule has 0 aliphatic carbocycles. The maximum absolute atomic E-state index is 12.5. The number of benzene rings is 3. The summed E-state index contributed by atoms with van der Waals surface area (Å²) >= 11 is 8.87. The third kappa shape index (κ3) is 8.09. The van der Waals surface area contributed by atoms with Crippen LogP contribution >= 0.6 is 34.2 Å². The van der Waals surface area contributed by atoms with E-state index < -0.39 is 10.0 Å². The van der Waals surface area contributed by atoms with Crippen LogP contribution in [0.5, 0.6) is 11.5 Å². The molecule has 45 heavy (non-hydrogen) atoms. The molecule has 234 valence electrons. The fourth-order valence-electron chi connectivity index (χ4n) is 5.59. The van der Waals surface area contributed by atoms with E-state index in [0.29, 0.717) is 30.1 Å². The second-order valence-corrected chi connectivity index (χ2v) is 14.8. The van der Waals surface area contributed by atoms with Gasteiger partial charge in [0, 0.05) is 77.2 Å². The van der Waals surface area contributed by atoms with Gasteiger partial charge in [-0.05, 0) is 89.7 Å². The highest BCUT2D eigenvalue weighted by Gasteiger charge is 2.30. The van der Waals surface area contributed by atoms with Crippen LogP contribution in [0.2, 0.25) is 5.02 Å². The van der Waals surface area contributed by atoms with E-state index in [4.69, 9.17) is 26.2 Å². The van der Waals surface area contributed by atoms with Crippen molar-refractivity contribution in [3.63, 3.8) is 0 Å². The SMILES string of the molecule is CS(=O)(=O)N1CCc2c(c(-c3ccc(Cl)c(C#Cc4ccc(Oc5ccc(I)cc5)cc4)c3)nn2CCCN2CCOCC2)C1. The first-order chi connectivity index (χ1) is 21.7. The lowest BCUT2D eigenvalue weighted by molar-refractivity contribution is 0.0368. The van der Waals surface area contributed by atoms with E-state index in [9.17, 15) is 8.42 Å². The summed E-state index contributed by atoms with van der Waals surface area (Å²) in [6.45, 7) is 5.94. The molecule has 2 aliphatic rings. The zero-order chi connectivity index (χ0) is 31.4. The lowest BCUT2D eigenvalue weighted by atomic mass is 10.0. The van der Waals surface area contributed by atoms with E-state index in [-0.39, 0.29) is 0 Å². The van der Waals surface area contributed by atoms with Crippen LogP contribution in [0.4, 0.5) is 0 Å². The Morgan fingerprint density at radius 2 is 1.67 bits per heavy atom. The molecule has 3 heterocycles. The van der Waals surface area contributed by atoms with E-state index in [1.54, 1.807) is 0 Å². The molecule has 4 aromatic rings. The van der Waals surface area contributed by atoms with Gasteiger partial charge in [0.1, 0.15) is 11.5 Å². The topological polar surface area (TPSA) is 76.9 Å². The van der Waals surface area contributed by atoms with Crippen molar-refractivity contribution in [1.29, 1.82) is 0 Å². The molecule has 0 spiro atoms. The summed E-state index contributed by atoms with van der Waals surface area (Å²) in [6, 6.07) is 21.2. The lowest BCUT2D eigenvalue weighted by Gasteiger charge is -2.27. The summed E-state index contributed by atoms with van der Waals surface area (Å²) in [5.74, 6) is 7.95. The Kier molecular flexibility index (Phi) is 10.1. The largest absolute Gasteiger partial charge is 0.457 e. The smallest absolute Gasteiger partial charge is 0.211 e. The number of aryl methyl sites for hydroxylation is 1. The highest BCUT2D eigenvalue weighted by molar-refractivity contribution is 14.1. The minimum absolute atomic E-state index is 0.299. The van der Waals surface area contributed by atoms with Crippen LogP contribution < -0.4 is 4.74 Å². The summed E-state index contributed by atoms with van der Waals surface area (Å²) in [7, 11) is -3.34. The van der Waals surface area contributed by atoms with Crippen molar-refractivity contribution in [1.82, 2.24) is 19.0 Å². The van der Waals surface area contributed by atoms with Crippen LogP contribution in [0.25, 0.3) is 11.3 Å². The van der Waals surface area contributed by atoms with Gasteiger partial charge in [-0.3, -0.25) is 9.58 Å². The number of morpholine rings is 1. The second-order valence-electron chi connectivity index (χ2n) is 11.2. The van der Waals surface area contributed by atoms with Crippen LogP contribution in [0.15, 0.2) is 66.7 Å².